The van der Waals surface area contributed by atoms with Gasteiger partial charge in [-0.25, -0.2) is 4.79 Å². The van der Waals surface area contributed by atoms with Gasteiger partial charge in [-0.1, -0.05) is 25.5 Å². The van der Waals surface area contributed by atoms with Gasteiger partial charge in [0.25, 0.3) is 0 Å². The largest absolute Gasteiger partial charge is 0.460 e. The van der Waals surface area contributed by atoms with E-state index in [2.05, 4.69) is 16.6 Å². The summed E-state index contributed by atoms with van der Waals surface area (Å²) in [5, 5.41) is 3.55. The standard InChI is InChI=1S/C10H17N3O3/c1-8(2)9(14)16-6-5-15-7-10(3,4)12-13-11/h1,5-7H2,2-4H3. The fourth-order valence-corrected chi connectivity index (χ4v) is 0.788. The van der Waals surface area contributed by atoms with Crippen LogP contribution in [0.4, 0.5) is 0 Å². The molecule has 0 aromatic rings. The molecule has 0 aliphatic heterocycles. The van der Waals surface area contributed by atoms with E-state index in [9.17, 15) is 4.79 Å². The Kier molecular flexibility index (Phi) is 6.22. The summed E-state index contributed by atoms with van der Waals surface area (Å²) in [6.07, 6.45) is 0. The van der Waals surface area contributed by atoms with E-state index in [1.807, 2.05) is 0 Å². The molecule has 0 saturated carbocycles. The van der Waals surface area contributed by atoms with Crippen molar-refractivity contribution in [2.24, 2.45) is 5.11 Å². The molecule has 0 spiro atoms. The number of hydrogen-bond donors (Lipinski definition) is 0. The Morgan fingerprint density at radius 3 is 2.62 bits per heavy atom. The molecule has 0 aromatic heterocycles. The van der Waals surface area contributed by atoms with Gasteiger partial charge in [0.2, 0.25) is 0 Å². The third kappa shape index (κ3) is 6.86. The topological polar surface area (TPSA) is 84.3 Å². The number of ether oxygens (including phenoxy) is 2. The molecule has 0 unspecified atom stereocenters. The van der Waals surface area contributed by atoms with E-state index in [1.165, 1.54) is 0 Å². The smallest absolute Gasteiger partial charge is 0.333 e. The first-order valence-corrected chi connectivity index (χ1v) is 4.85. The van der Waals surface area contributed by atoms with Crippen LogP contribution < -0.4 is 0 Å². The maximum absolute atomic E-state index is 11.0. The molecule has 0 saturated heterocycles. The highest BCUT2D eigenvalue weighted by Crippen LogP contribution is 2.09. The number of hydrogen-bond acceptors (Lipinski definition) is 4. The van der Waals surface area contributed by atoms with Crippen LogP contribution in [0.25, 0.3) is 10.4 Å². The van der Waals surface area contributed by atoms with Crippen molar-refractivity contribution in [2.75, 3.05) is 19.8 Å². The van der Waals surface area contributed by atoms with Crippen LogP contribution in [-0.4, -0.2) is 31.3 Å². The van der Waals surface area contributed by atoms with Crippen LogP contribution in [0.3, 0.4) is 0 Å². The van der Waals surface area contributed by atoms with Crippen molar-refractivity contribution in [3.8, 4) is 0 Å². The quantitative estimate of drug-likeness (QED) is 0.167. The number of carbonyl (C=O) groups excluding carboxylic acids is 1. The minimum absolute atomic E-state index is 0.165. The number of azide groups is 1. The van der Waals surface area contributed by atoms with Crippen LogP contribution in [0.1, 0.15) is 20.8 Å². The summed E-state index contributed by atoms with van der Waals surface area (Å²) in [5.74, 6) is -0.432. The second kappa shape index (κ2) is 6.87. The average molecular weight is 227 g/mol. The second-order valence-corrected chi connectivity index (χ2v) is 3.97. The normalized spacial score (nSPS) is 10.4. The third-order valence-corrected chi connectivity index (χ3v) is 1.58. The van der Waals surface area contributed by atoms with E-state index in [0.29, 0.717) is 5.57 Å². The van der Waals surface area contributed by atoms with Crippen molar-refractivity contribution in [3.05, 3.63) is 22.6 Å². The summed E-state index contributed by atoms with van der Waals surface area (Å²) in [6, 6.07) is 0. The monoisotopic (exact) mass is 227 g/mol. The maximum Gasteiger partial charge on any atom is 0.333 e. The maximum atomic E-state index is 11.0. The molecular weight excluding hydrogens is 210 g/mol. The lowest BCUT2D eigenvalue weighted by molar-refractivity contribution is -0.140. The van der Waals surface area contributed by atoms with Crippen molar-refractivity contribution >= 4 is 5.97 Å². The van der Waals surface area contributed by atoms with Gasteiger partial charge in [0.15, 0.2) is 0 Å². The Balaban J connectivity index is 3.65. The molecule has 0 amide bonds. The summed E-state index contributed by atoms with van der Waals surface area (Å²) in [7, 11) is 0. The summed E-state index contributed by atoms with van der Waals surface area (Å²) in [5.41, 5.74) is 8.03. The van der Waals surface area contributed by atoms with Gasteiger partial charge < -0.3 is 9.47 Å². The molecule has 0 N–H and O–H groups in total. The number of rotatable bonds is 7. The Morgan fingerprint density at radius 1 is 1.50 bits per heavy atom. The van der Waals surface area contributed by atoms with Crippen LogP contribution in [0.15, 0.2) is 17.3 Å². The molecule has 0 heterocycles. The number of carbonyl (C=O) groups is 1. The van der Waals surface area contributed by atoms with Crippen LogP contribution in [-0.2, 0) is 14.3 Å². The first-order chi connectivity index (χ1) is 7.39. The summed E-state index contributed by atoms with van der Waals surface area (Å²) in [6.45, 7) is 9.25. The lowest BCUT2D eigenvalue weighted by Gasteiger charge is -2.17. The molecule has 6 nitrogen and oxygen atoms in total. The third-order valence-electron chi connectivity index (χ3n) is 1.58. The molecule has 0 atom stereocenters. The van der Waals surface area contributed by atoms with Crippen molar-refractivity contribution in [1.29, 1.82) is 0 Å². The SMILES string of the molecule is C=C(C)C(=O)OCCOCC(C)(C)N=[N+]=[N-]. The predicted molar refractivity (Wildman–Crippen MR) is 59.8 cm³/mol. The first-order valence-electron chi connectivity index (χ1n) is 4.85. The highest BCUT2D eigenvalue weighted by molar-refractivity contribution is 5.86. The van der Waals surface area contributed by atoms with Gasteiger partial charge in [0, 0.05) is 10.5 Å². The lowest BCUT2D eigenvalue weighted by atomic mass is 10.1. The average Bonchev–Trinajstić information content (AvgIpc) is 2.16. The van der Waals surface area contributed by atoms with Gasteiger partial charge in [-0.05, 0) is 12.5 Å². The van der Waals surface area contributed by atoms with Crippen LogP contribution in [0.2, 0.25) is 0 Å². The molecule has 0 aromatic carbocycles. The van der Waals surface area contributed by atoms with Gasteiger partial charge in [-0.2, -0.15) is 0 Å². The van der Waals surface area contributed by atoms with Crippen LogP contribution in [0, 0.1) is 0 Å². The molecule has 0 aliphatic carbocycles. The minimum Gasteiger partial charge on any atom is -0.460 e. The zero-order valence-electron chi connectivity index (χ0n) is 9.89. The Bertz CT molecular complexity index is 306. The second-order valence-electron chi connectivity index (χ2n) is 3.97. The molecule has 0 rings (SSSR count). The van der Waals surface area contributed by atoms with E-state index in [0.717, 1.165) is 0 Å². The fraction of sp³-hybridized carbons (Fsp3) is 0.700. The molecule has 90 valence electrons. The summed E-state index contributed by atoms with van der Waals surface area (Å²) >= 11 is 0. The summed E-state index contributed by atoms with van der Waals surface area (Å²) in [4.78, 5) is 13.7. The predicted octanol–water partition coefficient (Wildman–Crippen LogP) is 2.21. The lowest BCUT2D eigenvalue weighted by Crippen LogP contribution is -2.25. The van der Waals surface area contributed by atoms with Crippen molar-refractivity contribution in [2.45, 2.75) is 26.3 Å². The molecular formula is C10H17N3O3. The Labute approximate surface area is 94.9 Å². The molecule has 6 heteroatoms. The van der Waals surface area contributed by atoms with Crippen molar-refractivity contribution in [3.63, 3.8) is 0 Å². The van der Waals surface area contributed by atoms with Gasteiger partial charge in [0.1, 0.15) is 6.61 Å². The van der Waals surface area contributed by atoms with Crippen molar-refractivity contribution in [1.82, 2.24) is 0 Å². The molecule has 0 aliphatic rings. The Hall–Kier alpha value is -1.52. The van der Waals surface area contributed by atoms with Gasteiger partial charge in [-0.15, -0.1) is 0 Å². The molecule has 0 fully saturated rings. The van der Waals surface area contributed by atoms with Crippen LogP contribution in [0.5, 0.6) is 0 Å². The molecule has 0 radical (unpaired) electrons. The van der Waals surface area contributed by atoms with Gasteiger partial charge in [0.05, 0.1) is 18.8 Å². The number of nitrogens with zero attached hydrogens (tertiary/aromatic N) is 3. The highest BCUT2D eigenvalue weighted by Gasteiger charge is 2.15. The van der Waals surface area contributed by atoms with Gasteiger partial charge >= 0.3 is 5.97 Å². The summed E-state index contributed by atoms with van der Waals surface area (Å²) < 4.78 is 10.0. The Morgan fingerprint density at radius 2 is 2.12 bits per heavy atom. The molecule has 0 bridgehead atoms. The van der Waals surface area contributed by atoms with E-state index in [4.69, 9.17) is 15.0 Å². The molecule has 16 heavy (non-hydrogen) atoms. The number of esters is 1. The fourth-order valence-electron chi connectivity index (χ4n) is 0.788. The zero-order valence-corrected chi connectivity index (χ0v) is 9.89. The highest BCUT2D eigenvalue weighted by atomic mass is 16.6. The minimum atomic E-state index is -0.590. The first kappa shape index (κ1) is 14.5. The van der Waals surface area contributed by atoms with E-state index >= 15 is 0 Å². The van der Waals surface area contributed by atoms with E-state index in [-0.39, 0.29) is 19.8 Å². The van der Waals surface area contributed by atoms with E-state index < -0.39 is 11.5 Å². The van der Waals surface area contributed by atoms with E-state index in [1.54, 1.807) is 20.8 Å². The van der Waals surface area contributed by atoms with Crippen LogP contribution >= 0.6 is 0 Å². The van der Waals surface area contributed by atoms with Crippen molar-refractivity contribution < 1.29 is 14.3 Å². The van der Waals surface area contributed by atoms with Gasteiger partial charge in [-0.3, -0.25) is 0 Å². The zero-order chi connectivity index (χ0) is 12.6.